The molecule has 5 nitrogen and oxygen atoms in total. The minimum Gasteiger partial charge on any atom is -0.497 e. The van der Waals surface area contributed by atoms with Crippen LogP contribution in [0.5, 0.6) is 5.75 Å². The topological polar surface area (TPSA) is 61.8 Å². The van der Waals surface area contributed by atoms with Crippen LogP contribution in [0.3, 0.4) is 0 Å². The Morgan fingerprint density at radius 2 is 1.68 bits per heavy atom. The Bertz CT molecular complexity index is 438. The second-order valence-corrected chi connectivity index (χ2v) is 4.12. The van der Waals surface area contributed by atoms with E-state index in [1.807, 2.05) is 0 Å². The zero-order valence-electron chi connectivity index (χ0n) is 11.5. The van der Waals surface area contributed by atoms with Crippen molar-refractivity contribution in [1.82, 2.24) is 0 Å². The molecule has 2 atom stereocenters. The molecule has 5 heteroatoms. The molecule has 19 heavy (non-hydrogen) atoms. The molecule has 0 bridgehead atoms. The van der Waals surface area contributed by atoms with Crippen molar-refractivity contribution in [3.63, 3.8) is 0 Å². The molecule has 0 amide bonds. The van der Waals surface area contributed by atoms with Gasteiger partial charge >= 0.3 is 11.9 Å². The van der Waals surface area contributed by atoms with Gasteiger partial charge in [-0.3, -0.25) is 9.59 Å². The van der Waals surface area contributed by atoms with Crippen LogP contribution in [0.25, 0.3) is 0 Å². The molecule has 0 spiro atoms. The monoisotopic (exact) mass is 266 g/mol. The van der Waals surface area contributed by atoms with Gasteiger partial charge in [0.1, 0.15) is 11.9 Å². The predicted octanol–water partition coefficient (Wildman–Crippen LogP) is 2.11. The second kappa shape index (κ2) is 6.78. The van der Waals surface area contributed by atoms with Gasteiger partial charge in [0.05, 0.1) is 20.1 Å². The van der Waals surface area contributed by atoms with Gasteiger partial charge in [-0.15, -0.1) is 0 Å². The molecule has 1 aromatic rings. The van der Waals surface area contributed by atoms with Gasteiger partial charge in [0, 0.05) is 6.92 Å². The van der Waals surface area contributed by atoms with Crippen molar-refractivity contribution in [2.75, 3.05) is 14.2 Å². The van der Waals surface area contributed by atoms with Gasteiger partial charge in [0.2, 0.25) is 0 Å². The molecule has 1 rings (SSSR count). The molecular formula is C14H18O5. The van der Waals surface area contributed by atoms with Crippen LogP contribution in [-0.2, 0) is 19.1 Å². The average Bonchev–Trinajstić information content (AvgIpc) is 2.43. The SMILES string of the molecule is COC(=O)[C@H](C)[C@@H](OC(C)=O)c1ccc(OC)cc1. The van der Waals surface area contributed by atoms with Crippen molar-refractivity contribution >= 4 is 11.9 Å². The molecule has 0 fully saturated rings. The Morgan fingerprint density at radius 1 is 1.11 bits per heavy atom. The van der Waals surface area contributed by atoms with Crippen LogP contribution in [-0.4, -0.2) is 26.2 Å². The fraction of sp³-hybridized carbons (Fsp3) is 0.429. The fourth-order valence-electron chi connectivity index (χ4n) is 1.74. The van der Waals surface area contributed by atoms with E-state index in [4.69, 9.17) is 9.47 Å². The molecule has 0 aliphatic heterocycles. The van der Waals surface area contributed by atoms with Crippen molar-refractivity contribution in [2.24, 2.45) is 5.92 Å². The molecule has 0 aromatic heterocycles. The first-order valence-corrected chi connectivity index (χ1v) is 5.88. The van der Waals surface area contributed by atoms with Gasteiger partial charge in [-0.25, -0.2) is 0 Å². The molecule has 0 aliphatic rings. The van der Waals surface area contributed by atoms with Crippen LogP contribution >= 0.6 is 0 Å². The van der Waals surface area contributed by atoms with E-state index in [1.54, 1.807) is 38.3 Å². The fourth-order valence-corrected chi connectivity index (χ4v) is 1.74. The van der Waals surface area contributed by atoms with Gasteiger partial charge in [-0.1, -0.05) is 12.1 Å². The van der Waals surface area contributed by atoms with E-state index in [-0.39, 0.29) is 0 Å². The highest BCUT2D eigenvalue weighted by atomic mass is 16.6. The van der Waals surface area contributed by atoms with E-state index >= 15 is 0 Å². The zero-order valence-corrected chi connectivity index (χ0v) is 11.5. The van der Waals surface area contributed by atoms with Gasteiger partial charge < -0.3 is 14.2 Å². The standard InChI is InChI=1S/C14H18O5/c1-9(14(16)18-4)13(19-10(2)15)11-5-7-12(17-3)8-6-11/h5-9,13H,1-4H3/t9-,13-/m1/s1. The van der Waals surface area contributed by atoms with Crippen LogP contribution in [0.1, 0.15) is 25.5 Å². The number of hydrogen-bond acceptors (Lipinski definition) is 5. The highest BCUT2D eigenvalue weighted by Gasteiger charge is 2.29. The van der Waals surface area contributed by atoms with Crippen molar-refractivity contribution in [3.8, 4) is 5.75 Å². The Morgan fingerprint density at radius 3 is 2.11 bits per heavy atom. The van der Waals surface area contributed by atoms with Crippen molar-refractivity contribution in [3.05, 3.63) is 29.8 Å². The highest BCUT2D eigenvalue weighted by molar-refractivity contribution is 5.74. The number of carbonyl (C=O) groups is 2. The Hall–Kier alpha value is -2.04. The van der Waals surface area contributed by atoms with Crippen LogP contribution in [0, 0.1) is 5.92 Å². The Balaban J connectivity index is 3.00. The second-order valence-electron chi connectivity index (χ2n) is 4.12. The number of esters is 2. The van der Waals surface area contributed by atoms with Crippen LogP contribution < -0.4 is 4.74 Å². The summed E-state index contributed by atoms with van der Waals surface area (Å²) >= 11 is 0. The number of hydrogen-bond donors (Lipinski definition) is 0. The molecule has 0 heterocycles. The lowest BCUT2D eigenvalue weighted by Gasteiger charge is -2.22. The molecule has 0 saturated heterocycles. The maximum absolute atomic E-state index is 11.6. The smallest absolute Gasteiger partial charge is 0.312 e. The molecule has 0 N–H and O–H groups in total. The first-order valence-electron chi connectivity index (χ1n) is 5.88. The lowest BCUT2D eigenvalue weighted by atomic mass is 9.97. The van der Waals surface area contributed by atoms with Crippen LogP contribution in [0.4, 0.5) is 0 Å². The maximum atomic E-state index is 11.6. The number of methoxy groups -OCH3 is 2. The first kappa shape index (κ1) is 15.0. The van der Waals surface area contributed by atoms with E-state index < -0.39 is 24.0 Å². The van der Waals surface area contributed by atoms with Gasteiger partial charge in [-0.05, 0) is 24.6 Å². The number of rotatable bonds is 5. The quantitative estimate of drug-likeness (QED) is 0.764. The lowest BCUT2D eigenvalue weighted by Crippen LogP contribution is -2.24. The third kappa shape index (κ3) is 3.98. The number of ether oxygens (including phenoxy) is 3. The molecule has 1 aromatic carbocycles. The summed E-state index contributed by atoms with van der Waals surface area (Å²) in [6.07, 6.45) is -0.671. The van der Waals surface area contributed by atoms with Gasteiger partial charge in [-0.2, -0.15) is 0 Å². The van der Waals surface area contributed by atoms with Crippen LogP contribution in [0.15, 0.2) is 24.3 Å². The van der Waals surface area contributed by atoms with Gasteiger partial charge in [0.15, 0.2) is 0 Å². The average molecular weight is 266 g/mol. The van der Waals surface area contributed by atoms with E-state index in [0.29, 0.717) is 11.3 Å². The summed E-state index contributed by atoms with van der Waals surface area (Å²) < 4.78 is 15.0. The third-order valence-corrected chi connectivity index (χ3v) is 2.76. The summed E-state index contributed by atoms with van der Waals surface area (Å²) in [6, 6.07) is 7.00. The predicted molar refractivity (Wildman–Crippen MR) is 68.7 cm³/mol. The molecule has 0 aliphatic carbocycles. The summed E-state index contributed by atoms with van der Waals surface area (Å²) in [7, 11) is 2.87. The van der Waals surface area contributed by atoms with Crippen LogP contribution in [0.2, 0.25) is 0 Å². The highest BCUT2D eigenvalue weighted by Crippen LogP contribution is 2.28. The molecule has 0 unspecified atom stereocenters. The third-order valence-electron chi connectivity index (χ3n) is 2.76. The largest absolute Gasteiger partial charge is 0.497 e. The zero-order chi connectivity index (χ0) is 14.4. The number of carbonyl (C=O) groups excluding carboxylic acids is 2. The molecule has 104 valence electrons. The summed E-state index contributed by atoms with van der Waals surface area (Å²) in [6.45, 7) is 2.96. The van der Waals surface area contributed by atoms with Crippen molar-refractivity contribution in [1.29, 1.82) is 0 Å². The minimum atomic E-state index is -0.671. The summed E-state index contributed by atoms with van der Waals surface area (Å²) in [4.78, 5) is 22.8. The summed E-state index contributed by atoms with van der Waals surface area (Å²) in [5.74, 6) is -0.767. The van der Waals surface area contributed by atoms with Gasteiger partial charge in [0.25, 0.3) is 0 Å². The van der Waals surface area contributed by atoms with E-state index in [9.17, 15) is 9.59 Å². The van der Waals surface area contributed by atoms with E-state index in [2.05, 4.69) is 4.74 Å². The molecule has 0 radical (unpaired) electrons. The molecule has 0 saturated carbocycles. The normalized spacial score (nSPS) is 13.3. The first-order chi connectivity index (χ1) is 8.99. The van der Waals surface area contributed by atoms with Crippen molar-refractivity contribution in [2.45, 2.75) is 20.0 Å². The Labute approximate surface area is 112 Å². The summed E-state index contributed by atoms with van der Waals surface area (Å²) in [5.41, 5.74) is 0.717. The van der Waals surface area contributed by atoms with E-state index in [1.165, 1.54) is 14.0 Å². The number of benzene rings is 1. The Kier molecular flexibility index (Phi) is 5.36. The summed E-state index contributed by atoms with van der Waals surface area (Å²) in [5, 5.41) is 0. The van der Waals surface area contributed by atoms with Crippen molar-refractivity contribution < 1.29 is 23.8 Å². The van der Waals surface area contributed by atoms with E-state index in [0.717, 1.165) is 0 Å². The maximum Gasteiger partial charge on any atom is 0.312 e. The lowest BCUT2D eigenvalue weighted by molar-refractivity contribution is -0.158. The molecular weight excluding hydrogens is 248 g/mol. The minimum absolute atomic E-state index is 0.429.